The van der Waals surface area contributed by atoms with Gasteiger partial charge in [-0.1, -0.05) is 0 Å². The first-order valence-corrected chi connectivity index (χ1v) is 14.2. The van der Waals surface area contributed by atoms with Gasteiger partial charge in [0.1, 0.15) is 22.7 Å². The Hall–Kier alpha value is -3.92. The maximum Gasteiger partial charge on any atom is 0.254 e. The highest BCUT2D eigenvalue weighted by molar-refractivity contribution is 6.00. The van der Waals surface area contributed by atoms with Crippen LogP contribution in [0.1, 0.15) is 49.9 Å². The highest BCUT2D eigenvalue weighted by Gasteiger charge is 2.28. The van der Waals surface area contributed by atoms with Gasteiger partial charge in [-0.3, -0.25) is 14.5 Å². The van der Waals surface area contributed by atoms with E-state index in [1.165, 1.54) is 12.8 Å². The Kier molecular flexibility index (Phi) is 6.74. The lowest BCUT2D eigenvalue weighted by Gasteiger charge is -2.30. The Bertz CT molecular complexity index is 1620. The summed E-state index contributed by atoms with van der Waals surface area (Å²) >= 11 is 0. The van der Waals surface area contributed by atoms with Gasteiger partial charge >= 0.3 is 0 Å². The van der Waals surface area contributed by atoms with E-state index < -0.39 is 0 Å². The Balaban J connectivity index is 1.47. The summed E-state index contributed by atoms with van der Waals surface area (Å²) in [6.45, 7) is 6.17. The quantitative estimate of drug-likeness (QED) is 0.378. The SMILES string of the molecule is CCN(C(C)=O)c1ccc2cc(-c3nc4cc(C(=O)N5CCC[C@@H](N)C5)cc(OC)c4n3C)n(CC3CC3)c2n1. The molecule has 1 saturated heterocycles. The topological polar surface area (TPSA) is 112 Å². The molecular weight excluding hydrogens is 506 g/mol. The van der Waals surface area contributed by atoms with Gasteiger partial charge < -0.3 is 24.5 Å². The Morgan fingerprint density at radius 3 is 2.62 bits per heavy atom. The summed E-state index contributed by atoms with van der Waals surface area (Å²) in [5.41, 5.74) is 10.0. The Labute approximate surface area is 233 Å². The van der Waals surface area contributed by atoms with Crippen LogP contribution >= 0.6 is 0 Å². The van der Waals surface area contributed by atoms with Crippen LogP contribution in [-0.2, 0) is 18.4 Å². The molecule has 0 unspecified atom stereocenters. The van der Waals surface area contributed by atoms with Crippen LogP contribution in [0.25, 0.3) is 33.6 Å². The molecule has 210 valence electrons. The summed E-state index contributed by atoms with van der Waals surface area (Å²) < 4.78 is 10.1. The summed E-state index contributed by atoms with van der Waals surface area (Å²) in [6, 6.07) is 9.73. The normalized spacial score (nSPS) is 17.5. The summed E-state index contributed by atoms with van der Waals surface area (Å²) in [6.07, 6.45) is 4.22. The van der Waals surface area contributed by atoms with Gasteiger partial charge in [-0.25, -0.2) is 9.97 Å². The van der Waals surface area contributed by atoms with Crippen LogP contribution in [0.2, 0.25) is 0 Å². The van der Waals surface area contributed by atoms with E-state index in [4.69, 9.17) is 20.4 Å². The fourth-order valence-corrected chi connectivity index (χ4v) is 5.94. The Morgan fingerprint density at radius 1 is 1.15 bits per heavy atom. The average Bonchev–Trinajstić information content (AvgIpc) is 3.62. The number of methoxy groups -OCH3 is 1. The highest BCUT2D eigenvalue weighted by atomic mass is 16.5. The van der Waals surface area contributed by atoms with Crippen molar-refractivity contribution in [3.8, 4) is 17.3 Å². The van der Waals surface area contributed by atoms with Gasteiger partial charge in [0.15, 0.2) is 5.82 Å². The third kappa shape index (κ3) is 4.60. The number of benzene rings is 1. The van der Waals surface area contributed by atoms with Crippen molar-refractivity contribution in [1.82, 2.24) is 24.0 Å². The number of imidazole rings is 1. The number of amides is 2. The van der Waals surface area contributed by atoms with Gasteiger partial charge in [0.25, 0.3) is 5.91 Å². The van der Waals surface area contributed by atoms with Crippen LogP contribution in [0.3, 0.4) is 0 Å². The molecule has 4 aromatic rings. The molecule has 1 aliphatic carbocycles. The largest absolute Gasteiger partial charge is 0.494 e. The van der Waals surface area contributed by atoms with Crippen LogP contribution in [0.4, 0.5) is 5.82 Å². The summed E-state index contributed by atoms with van der Waals surface area (Å²) in [5.74, 6) is 2.55. The molecule has 40 heavy (non-hydrogen) atoms. The van der Waals surface area contributed by atoms with Gasteiger partial charge in [-0.15, -0.1) is 0 Å². The number of nitrogens with two attached hydrogens (primary N) is 1. The lowest BCUT2D eigenvalue weighted by Crippen LogP contribution is -2.45. The summed E-state index contributed by atoms with van der Waals surface area (Å²) in [5, 5.41) is 0.996. The number of pyridine rings is 1. The first-order valence-electron chi connectivity index (χ1n) is 14.2. The molecule has 2 amide bonds. The molecule has 1 saturated carbocycles. The van der Waals surface area contributed by atoms with Crippen LogP contribution < -0.4 is 15.4 Å². The van der Waals surface area contributed by atoms with Gasteiger partial charge in [0, 0.05) is 57.1 Å². The fraction of sp³-hybridized carbons (Fsp3) is 0.467. The van der Waals surface area contributed by atoms with Crippen molar-refractivity contribution in [2.24, 2.45) is 18.7 Å². The maximum atomic E-state index is 13.4. The number of rotatable bonds is 7. The number of carbonyl (C=O) groups is 2. The molecule has 1 aliphatic heterocycles. The molecule has 0 radical (unpaired) electrons. The van der Waals surface area contributed by atoms with Crippen LogP contribution in [0, 0.1) is 5.92 Å². The van der Waals surface area contributed by atoms with E-state index in [2.05, 4.69) is 10.6 Å². The van der Waals surface area contributed by atoms with Crippen molar-refractivity contribution >= 4 is 39.7 Å². The number of aryl methyl sites for hydroxylation is 1. The summed E-state index contributed by atoms with van der Waals surface area (Å²) in [7, 11) is 3.60. The molecule has 6 rings (SSSR count). The average molecular weight is 544 g/mol. The molecule has 2 N–H and O–H groups in total. The first kappa shape index (κ1) is 26.3. The number of hydrogen-bond acceptors (Lipinski definition) is 6. The number of fused-ring (bicyclic) bond motifs is 2. The number of hydrogen-bond donors (Lipinski definition) is 1. The Morgan fingerprint density at radius 2 is 1.95 bits per heavy atom. The van der Waals surface area contributed by atoms with Crippen LogP contribution in [0.5, 0.6) is 5.75 Å². The molecule has 0 bridgehead atoms. The van der Waals surface area contributed by atoms with Crippen molar-refractivity contribution in [2.45, 2.75) is 52.1 Å². The van der Waals surface area contributed by atoms with Crippen molar-refractivity contribution in [2.75, 3.05) is 31.6 Å². The predicted octanol–water partition coefficient (Wildman–Crippen LogP) is 3.94. The molecule has 2 fully saturated rings. The van der Waals surface area contributed by atoms with Crippen molar-refractivity contribution in [3.05, 3.63) is 35.9 Å². The van der Waals surface area contributed by atoms with Gasteiger partial charge in [0.05, 0.1) is 18.3 Å². The minimum Gasteiger partial charge on any atom is -0.494 e. The number of aromatic nitrogens is 4. The standard InChI is InChI=1S/C30H37N7O3/c1-5-36(18(2)38)26-11-10-20-14-24(37(28(20)33-26)16-19-8-9-19)29-32-23-13-21(15-25(40-4)27(23)34(29)3)30(39)35-12-6-7-22(31)17-35/h10-11,13-15,19,22H,5-9,12,16-17,31H2,1-4H3/t22-/m1/s1. The predicted molar refractivity (Wildman–Crippen MR) is 156 cm³/mol. The third-order valence-electron chi connectivity index (χ3n) is 8.22. The molecule has 1 atom stereocenters. The van der Waals surface area contributed by atoms with E-state index in [1.807, 2.05) is 47.7 Å². The molecule has 2 aliphatic rings. The minimum absolute atomic E-state index is 0.00661. The number of ether oxygens (including phenoxy) is 1. The molecule has 4 heterocycles. The van der Waals surface area contributed by atoms with Crippen LogP contribution in [-0.4, -0.2) is 68.6 Å². The molecular formula is C30H37N7O3. The van der Waals surface area contributed by atoms with Crippen molar-refractivity contribution in [3.63, 3.8) is 0 Å². The van der Waals surface area contributed by atoms with E-state index in [0.29, 0.717) is 48.2 Å². The van der Waals surface area contributed by atoms with Crippen LogP contribution in [0.15, 0.2) is 30.3 Å². The number of carbonyl (C=O) groups excluding carboxylic acids is 2. The number of anilines is 1. The molecule has 10 heteroatoms. The molecule has 3 aromatic heterocycles. The van der Waals surface area contributed by atoms with E-state index in [0.717, 1.165) is 47.5 Å². The fourth-order valence-electron chi connectivity index (χ4n) is 5.94. The number of nitrogens with zero attached hydrogens (tertiary/aromatic N) is 6. The second-order valence-corrected chi connectivity index (χ2v) is 11.1. The van der Waals surface area contributed by atoms with E-state index in [9.17, 15) is 9.59 Å². The zero-order valence-corrected chi connectivity index (χ0v) is 23.7. The van der Waals surface area contributed by atoms with Gasteiger partial charge in [-0.05, 0) is 68.9 Å². The number of piperidine rings is 1. The molecule has 0 spiro atoms. The van der Waals surface area contributed by atoms with Gasteiger partial charge in [0.2, 0.25) is 5.91 Å². The lowest BCUT2D eigenvalue weighted by molar-refractivity contribution is -0.116. The third-order valence-corrected chi connectivity index (χ3v) is 8.22. The van der Waals surface area contributed by atoms with E-state index >= 15 is 0 Å². The minimum atomic E-state index is -0.0481. The second-order valence-electron chi connectivity index (χ2n) is 11.1. The smallest absolute Gasteiger partial charge is 0.254 e. The zero-order valence-electron chi connectivity index (χ0n) is 23.7. The first-order chi connectivity index (χ1) is 19.3. The van der Waals surface area contributed by atoms with E-state index in [-0.39, 0.29) is 17.9 Å². The maximum absolute atomic E-state index is 13.4. The van der Waals surface area contributed by atoms with Crippen molar-refractivity contribution in [1.29, 1.82) is 0 Å². The van der Waals surface area contributed by atoms with Gasteiger partial charge in [-0.2, -0.15) is 0 Å². The number of likely N-dealkylation sites (tertiary alicyclic amines) is 1. The molecule has 1 aromatic carbocycles. The lowest BCUT2D eigenvalue weighted by atomic mass is 10.0. The highest BCUT2D eigenvalue weighted by Crippen LogP contribution is 2.38. The second kappa shape index (κ2) is 10.2. The van der Waals surface area contributed by atoms with E-state index in [1.54, 1.807) is 18.9 Å². The summed E-state index contributed by atoms with van der Waals surface area (Å²) in [4.78, 5) is 39.2. The monoisotopic (exact) mass is 543 g/mol. The zero-order chi connectivity index (χ0) is 28.1. The van der Waals surface area contributed by atoms with Crippen molar-refractivity contribution < 1.29 is 14.3 Å². The molecule has 10 nitrogen and oxygen atoms in total.